The summed E-state index contributed by atoms with van der Waals surface area (Å²) in [6.45, 7) is 5.80. The molecule has 0 fully saturated rings. The number of carbonyl (C=O) groups excluding carboxylic acids is 3. The fourth-order valence-electron chi connectivity index (χ4n) is 2.36. The maximum atomic E-state index is 12.4. The van der Waals surface area contributed by atoms with Crippen LogP contribution in [0, 0.1) is 0 Å². The van der Waals surface area contributed by atoms with Crippen LogP contribution in [-0.2, 0) is 16.1 Å². The van der Waals surface area contributed by atoms with Crippen LogP contribution >= 0.6 is 11.3 Å². The lowest BCUT2D eigenvalue weighted by atomic mass is 10.1. The number of thiazole rings is 1. The highest BCUT2D eigenvalue weighted by molar-refractivity contribution is 7.09. The Bertz CT molecular complexity index is 822. The zero-order chi connectivity index (χ0) is 20.7. The SMILES string of the molecule is CC(=O)C(CC(=O)Nc1ccncc1)NC(=O)N(C)Cc1csc(C(C)C)n1. The lowest BCUT2D eigenvalue weighted by Crippen LogP contribution is -2.47. The lowest BCUT2D eigenvalue weighted by Gasteiger charge is -2.21. The number of hydrogen-bond donors (Lipinski definition) is 2. The number of carbonyl (C=O) groups is 3. The van der Waals surface area contributed by atoms with Gasteiger partial charge in [0, 0.05) is 36.4 Å². The maximum Gasteiger partial charge on any atom is 0.318 e. The third-order valence-electron chi connectivity index (χ3n) is 3.95. The van der Waals surface area contributed by atoms with E-state index in [1.807, 2.05) is 5.38 Å². The van der Waals surface area contributed by atoms with Crippen molar-refractivity contribution in [3.8, 4) is 0 Å². The van der Waals surface area contributed by atoms with Crippen LogP contribution in [0.5, 0.6) is 0 Å². The Morgan fingerprint density at radius 2 is 1.89 bits per heavy atom. The summed E-state index contributed by atoms with van der Waals surface area (Å²) in [5, 5.41) is 8.23. The van der Waals surface area contributed by atoms with Crippen LogP contribution in [0.2, 0.25) is 0 Å². The molecule has 2 aromatic rings. The van der Waals surface area contributed by atoms with Gasteiger partial charge in [-0.25, -0.2) is 9.78 Å². The van der Waals surface area contributed by atoms with Crippen LogP contribution in [0.4, 0.5) is 10.5 Å². The largest absolute Gasteiger partial charge is 0.328 e. The zero-order valence-electron chi connectivity index (χ0n) is 16.4. The number of anilines is 1. The van der Waals surface area contributed by atoms with Crippen molar-refractivity contribution in [3.63, 3.8) is 0 Å². The molecule has 28 heavy (non-hydrogen) atoms. The van der Waals surface area contributed by atoms with Crippen LogP contribution in [0.25, 0.3) is 0 Å². The van der Waals surface area contributed by atoms with Gasteiger partial charge in [0.2, 0.25) is 5.91 Å². The van der Waals surface area contributed by atoms with Gasteiger partial charge in [-0.3, -0.25) is 14.6 Å². The molecule has 2 heterocycles. The van der Waals surface area contributed by atoms with Gasteiger partial charge in [0.1, 0.15) is 0 Å². The minimum atomic E-state index is -0.904. The molecule has 0 spiro atoms. The molecule has 0 aliphatic rings. The lowest BCUT2D eigenvalue weighted by molar-refractivity contribution is -0.123. The normalized spacial score (nSPS) is 11.8. The van der Waals surface area contributed by atoms with E-state index < -0.39 is 12.1 Å². The topological polar surface area (TPSA) is 104 Å². The molecule has 0 aromatic carbocycles. The zero-order valence-corrected chi connectivity index (χ0v) is 17.2. The van der Waals surface area contributed by atoms with E-state index in [4.69, 9.17) is 0 Å². The molecule has 9 heteroatoms. The first kappa shape index (κ1) is 21.5. The number of hydrogen-bond acceptors (Lipinski definition) is 6. The summed E-state index contributed by atoms with van der Waals surface area (Å²) in [6.07, 6.45) is 2.96. The Hall–Kier alpha value is -2.81. The fourth-order valence-corrected chi connectivity index (χ4v) is 3.19. The Labute approximate surface area is 168 Å². The van der Waals surface area contributed by atoms with Gasteiger partial charge < -0.3 is 15.5 Å². The number of ketones is 1. The van der Waals surface area contributed by atoms with Crippen molar-refractivity contribution in [2.24, 2.45) is 0 Å². The van der Waals surface area contributed by atoms with E-state index in [1.54, 1.807) is 42.9 Å². The quantitative estimate of drug-likeness (QED) is 0.705. The van der Waals surface area contributed by atoms with Crippen LogP contribution in [0.3, 0.4) is 0 Å². The van der Waals surface area contributed by atoms with E-state index in [0.29, 0.717) is 18.2 Å². The first-order valence-electron chi connectivity index (χ1n) is 8.92. The maximum absolute atomic E-state index is 12.4. The van der Waals surface area contributed by atoms with Crippen LogP contribution < -0.4 is 10.6 Å². The second kappa shape index (κ2) is 9.93. The molecule has 1 unspecified atom stereocenters. The minimum absolute atomic E-state index is 0.147. The summed E-state index contributed by atoms with van der Waals surface area (Å²) in [5.74, 6) is -0.323. The van der Waals surface area contributed by atoms with Crippen molar-refractivity contribution < 1.29 is 14.4 Å². The molecule has 8 nitrogen and oxygen atoms in total. The summed E-state index contributed by atoms with van der Waals surface area (Å²) in [7, 11) is 1.62. The fraction of sp³-hybridized carbons (Fsp3) is 0.421. The average Bonchev–Trinajstić information content (AvgIpc) is 3.10. The Morgan fingerprint density at radius 3 is 2.46 bits per heavy atom. The van der Waals surface area contributed by atoms with Crippen molar-refractivity contribution >= 4 is 34.7 Å². The van der Waals surface area contributed by atoms with Crippen molar-refractivity contribution in [2.75, 3.05) is 12.4 Å². The number of rotatable bonds is 8. The standard InChI is InChI=1S/C19H25N5O3S/c1-12(2)18-22-15(11-28-18)10-24(4)19(27)23-16(13(3)25)9-17(26)21-14-5-7-20-8-6-14/h5-8,11-12,16H,9-10H2,1-4H3,(H,23,27)(H,20,21,26). The smallest absolute Gasteiger partial charge is 0.318 e. The summed E-state index contributed by atoms with van der Waals surface area (Å²) < 4.78 is 0. The summed E-state index contributed by atoms with van der Waals surface area (Å²) in [5.41, 5.74) is 1.37. The van der Waals surface area contributed by atoms with E-state index in [9.17, 15) is 14.4 Å². The Balaban J connectivity index is 1.91. The van der Waals surface area contributed by atoms with Crippen LogP contribution in [0.15, 0.2) is 29.9 Å². The number of urea groups is 1. The van der Waals surface area contributed by atoms with Gasteiger partial charge in [-0.1, -0.05) is 13.8 Å². The molecule has 2 N–H and O–H groups in total. The molecule has 2 rings (SSSR count). The average molecular weight is 404 g/mol. The van der Waals surface area contributed by atoms with Crippen molar-refractivity contribution in [3.05, 3.63) is 40.6 Å². The first-order chi connectivity index (χ1) is 13.3. The molecule has 0 bridgehead atoms. The highest BCUT2D eigenvalue weighted by atomic mass is 32.1. The Morgan fingerprint density at radius 1 is 1.21 bits per heavy atom. The minimum Gasteiger partial charge on any atom is -0.328 e. The molecular weight excluding hydrogens is 378 g/mol. The van der Waals surface area contributed by atoms with Crippen LogP contribution in [-0.4, -0.2) is 45.7 Å². The van der Waals surface area contributed by atoms with Gasteiger partial charge in [-0.15, -0.1) is 11.3 Å². The van der Waals surface area contributed by atoms with E-state index in [0.717, 1.165) is 10.7 Å². The van der Waals surface area contributed by atoms with Crippen LogP contribution in [0.1, 0.15) is 43.8 Å². The van der Waals surface area contributed by atoms with Gasteiger partial charge in [-0.05, 0) is 19.1 Å². The van der Waals surface area contributed by atoms with E-state index >= 15 is 0 Å². The molecule has 0 saturated heterocycles. The predicted octanol–water partition coefficient (Wildman–Crippen LogP) is 2.79. The number of amides is 3. The number of pyridine rings is 1. The van der Waals surface area contributed by atoms with E-state index in [-0.39, 0.29) is 18.1 Å². The van der Waals surface area contributed by atoms with Gasteiger partial charge in [0.15, 0.2) is 5.78 Å². The summed E-state index contributed by atoms with van der Waals surface area (Å²) in [4.78, 5) is 46.3. The molecule has 3 amide bonds. The van der Waals surface area contributed by atoms with Gasteiger partial charge in [-0.2, -0.15) is 0 Å². The van der Waals surface area contributed by atoms with E-state index in [2.05, 4.69) is 34.4 Å². The van der Waals surface area contributed by atoms with Crippen molar-refractivity contribution in [1.29, 1.82) is 0 Å². The van der Waals surface area contributed by atoms with Gasteiger partial charge in [0.05, 0.1) is 29.7 Å². The molecule has 2 aromatic heterocycles. The highest BCUT2D eigenvalue weighted by Crippen LogP contribution is 2.19. The molecule has 150 valence electrons. The summed E-state index contributed by atoms with van der Waals surface area (Å²) >= 11 is 1.56. The predicted molar refractivity (Wildman–Crippen MR) is 108 cm³/mol. The first-order valence-corrected chi connectivity index (χ1v) is 9.80. The molecule has 0 aliphatic carbocycles. The third kappa shape index (κ3) is 6.41. The molecule has 0 radical (unpaired) electrons. The number of Topliss-reactive ketones (excluding diaryl/α,β-unsaturated/α-hetero) is 1. The second-order valence-corrected chi connectivity index (χ2v) is 7.68. The highest BCUT2D eigenvalue weighted by Gasteiger charge is 2.23. The monoisotopic (exact) mass is 403 g/mol. The molecule has 1 atom stereocenters. The van der Waals surface area contributed by atoms with Gasteiger partial charge >= 0.3 is 6.03 Å². The molecule has 0 aliphatic heterocycles. The Kier molecular flexibility index (Phi) is 7.62. The van der Waals surface area contributed by atoms with Crippen molar-refractivity contribution in [1.82, 2.24) is 20.2 Å². The summed E-state index contributed by atoms with van der Waals surface area (Å²) in [6, 6.07) is 1.95. The molecular formula is C19H25N5O3S. The van der Waals surface area contributed by atoms with Gasteiger partial charge in [0.25, 0.3) is 0 Å². The van der Waals surface area contributed by atoms with E-state index in [1.165, 1.54) is 11.8 Å². The number of nitrogens with zero attached hydrogens (tertiary/aromatic N) is 3. The molecule has 0 saturated carbocycles. The number of nitrogens with one attached hydrogen (secondary N) is 2. The number of aromatic nitrogens is 2. The second-order valence-electron chi connectivity index (χ2n) is 6.79. The third-order valence-corrected chi connectivity index (χ3v) is 5.15. The van der Waals surface area contributed by atoms with Crippen molar-refractivity contribution in [2.45, 2.75) is 45.7 Å².